The average molecular weight is 479 g/mol. The normalized spacial score (nSPS) is 16.6. The Kier molecular flexibility index (Phi) is 6.99. The zero-order valence-electron chi connectivity index (χ0n) is 21.1. The van der Waals surface area contributed by atoms with Gasteiger partial charge in [-0.05, 0) is 52.0 Å². The van der Waals surface area contributed by atoms with Crippen molar-refractivity contribution in [2.75, 3.05) is 0 Å². The third-order valence-corrected chi connectivity index (χ3v) is 7.55. The third-order valence-electron chi connectivity index (χ3n) is 6.36. The van der Waals surface area contributed by atoms with Crippen LogP contribution in [0.3, 0.4) is 0 Å². The summed E-state index contributed by atoms with van der Waals surface area (Å²) in [4.78, 5) is 18.5. The molecule has 0 spiro atoms. The van der Waals surface area contributed by atoms with Gasteiger partial charge < -0.3 is 5.11 Å². The number of aryl methyl sites for hydroxylation is 2. The Hall–Kier alpha value is -3.06. The summed E-state index contributed by atoms with van der Waals surface area (Å²) in [5.74, 6) is 0.678. The highest BCUT2D eigenvalue weighted by molar-refractivity contribution is 7.15. The molecule has 0 aromatic carbocycles. The van der Waals surface area contributed by atoms with Crippen molar-refractivity contribution in [2.45, 2.75) is 60.9 Å². The molecule has 2 aromatic rings. The number of aliphatic carboxylic acids is 1. The first-order valence-electron chi connectivity index (χ1n) is 11.3. The Morgan fingerprint density at radius 2 is 1.82 bits per heavy atom. The summed E-state index contributed by atoms with van der Waals surface area (Å²) in [5.41, 5.74) is 2.50. The molecule has 0 fully saturated rings. The average Bonchev–Trinajstić information content (AvgIpc) is 3.19. The molecule has 1 N–H and O–H groups in total. The maximum Gasteiger partial charge on any atom is 0.309 e. The Bertz CT molecular complexity index is 1240. The molecular formula is C27H34N4O2S. The van der Waals surface area contributed by atoms with Crippen molar-refractivity contribution in [3.05, 3.63) is 76.8 Å². The maximum absolute atomic E-state index is 12.0. The Labute approximate surface area is 206 Å². The molecule has 3 heterocycles. The number of carboxylic acid groups (broad SMARTS) is 1. The van der Waals surface area contributed by atoms with Crippen molar-refractivity contribution >= 4 is 23.0 Å². The highest BCUT2D eigenvalue weighted by atomic mass is 32.1. The first-order chi connectivity index (χ1) is 15.9. The molecule has 0 saturated carbocycles. The topological polar surface area (TPSA) is 80.4 Å². The van der Waals surface area contributed by atoms with Gasteiger partial charge in [0, 0.05) is 16.0 Å². The van der Waals surface area contributed by atoms with E-state index in [4.69, 9.17) is 4.99 Å². The minimum atomic E-state index is -0.925. The fourth-order valence-corrected chi connectivity index (χ4v) is 5.88. The SMILES string of the molecule is C=C/C=C\C(=C/C=C)C1=NC(C(C)(C)CC(C)(C)C(=O)O)c2nnc(C)n2-c2sc(C)c(C)c21. The van der Waals surface area contributed by atoms with E-state index in [9.17, 15) is 9.90 Å². The molecule has 1 aliphatic rings. The molecular weight excluding hydrogens is 444 g/mol. The zero-order valence-corrected chi connectivity index (χ0v) is 22.0. The number of carbonyl (C=O) groups is 1. The van der Waals surface area contributed by atoms with Crippen molar-refractivity contribution in [2.24, 2.45) is 15.8 Å². The van der Waals surface area contributed by atoms with Crippen LogP contribution < -0.4 is 0 Å². The molecule has 0 radical (unpaired) electrons. The highest BCUT2D eigenvalue weighted by Crippen LogP contribution is 2.48. The number of nitrogens with zero attached hydrogens (tertiary/aromatic N) is 4. The lowest BCUT2D eigenvalue weighted by molar-refractivity contribution is -0.148. The summed E-state index contributed by atoms with van der Waals surface area (Å²) in [7, 11) is 0. The standard InChI is InChI=1S/C27H34N4O2S/c1-10-12-14-19(13-11-2)21-20-16(3)17(4)34-24(20)31-18(5)29-30-23(31)22(28-21)26(6,7)15-27(8,9)25(32)33/h10-14,22H,1-2,15H2,3-9H3,(H,32,33)/b14-12-,19-13+. The smallest absolute Gasteiger partial charge is 0.309 e. The molecule has 34 heavy (non-hydrogen) atoms. The van der Waals surface area contributed by atoms with E-state index in [1.807, 2.05) is 25.2 Å². The molecule has 0 bridgehead atoms. The van der Waals surface area contributed by atoms with Crippen LogP contribution in [0.5, 0.6) is 0 Å². The molecule has 1 aliphatic heterocycles. The van der Waals surface area contributed by atoms with E-state index in [0.717, 1.165) is 39.1 Å². The third kappa shape index (κ3) is 4.49. The van der Waals surface area contributed by atoms with Gasteiger partial charge in [-0.1, -0.05) is 57.4 Å². The molecule has 0 aliphatic carbocycles. The first-order valence-corrected chi connectivity index (χ1v) is 12.1. The number of fused-ring (bicyclic) bond motifs is 3. The lowest BCUT2D eigenvalue weighted by Gasteiger charge is -2.36. The van der Waals surface area contributed by atoms with Gasteiger partial charge in [0.15, 0.2) is 5.82 Å². The first kappa shape index (κ1) is 25.6. The van der Waals surface area contributed by atoms with Crippen LogP contribution in [-0.4, -0.2) is 31.6 Å². The molecule has 6 nitrogen and oxygen atoms in total. The molecule has 180 valence electrons. The second-order valence-corrected chi connectivity index (χ2v) is 11.3. The van der Waals surface area contributed by atoms with Crippen LogP contribution in [-0.2, 0) is 4.79 Å². The number of carboxylic acids is 1. The van der Waals surface area contributed by atoms with Gasteiger partial charge in [-0.2, -0.15) is 0 Å². The van der Waals surface area contributed by atoms with E-state index >= 15 is 0 Å². The van der Waals surface area contributed by atoms with Gasteiger partial charge in [0.2, 0.25) is 0 Å². The van der Waals surface area contributed by atoms with Crippen LogP contribution in [0.15, 0.2) is 54.1 Å². The van der Waals surface area contributed by atoms with Gasteiger partial charge in [-0.25, -0.2) is 0 Å². The summed E-state index contributed by atoms with van der Waals surface area (Å²) in [6, 6.07) is -0.410. The quantitative estimate of drug-likeness (QED) is 0.440. The number of aliphatic imine (C=N–C) groups is 1. The van der Waals surface area contributed by atoms with Crippen molar-refractivity contribution in [3.63, 3.8) is 0 Å². The number of rotatable bonds is 8. The van der Waals surface area contributed by atoms with E-state index in [1.165, 1.54) is 4.88 Å². The highest BCUT2D eigenvalue weighted by Gasteiger charge is 2.44. The summed E-state index contributed by atoms with van der Waals surface area (Å²) < 4.78 is 2.10. The van der Waals surface area contributed by atoms with Gasteiger partial charge in [0.1, 0.15) is 16.9 Å². The van der Waals surface area contributed by atoms with E-state index in [0.29, 0.717) is 6.42 Å². The molecule has 7 heteroatoms. The second kappa shape index (κ2) is 9.29. The predicted molar refractivity (Wildman–Crippen MR) is 140 cm³/mol. The van der Waals surface area contributed by atoms with Gasteiger partial charge in [-0.3, -0.25) is 14.4 Å². The Morgan fingerprint density at radius 3 is 2.41 bits per heavy atom. The molecule has 1 unspecified atom stereocenters. The van der Waals surface area contributed by atoms with E-state index in [2.05, 4.69) is 55.6 Å². The van der Waals surface area contributed by atoms with E-state index < -0.39 is 22.8 Å². The number of hydrogen-bond acceptors (Lipinski definition) is 5. The molecule has 3 rings (SSSR count). The summed E-state index contributed by atoms with van der Waals surface area (Å²) in [6.07, 6.45) is 9.71. The Balaban J connectivity index is 2.38. The minimum absolute atomic E-state index is 0.410. The summed E-state index contributed by atoms with van der Waals surface area (Å²) in [6.45, 7) is 21.5. The molecule has 0 saturated heterocycles. The van der Waals surface area contributed by atoms with Gasteiger partial charge >= 0.3 is 5.97 Å². The van der Waals surface area contributed by atoms with Crippen LogP contribution in [0.25, 0.3) is 5.00 Å². The largest absolute Gasteiger partial charge is 0.481 e. The van der Waals surface area contributed by atoms with Gasteiger partial charge in [0.05, 0.1) is 11.1 Å². The van der Waals surface area contributed by atoms with E-state index in [1.54, 1.807) is 37.3 Å². The van der Waals surface area contributed by atoms with Crippen molar-refractivity contribution in [1.29, 1.82) is 0 Å². The zero-order chi connectivity index (χ0) is 25.4. The number of hydrogen-bond donors (Lipinski definition) is 1. The lowest BCUT2D eigenvalue weighted by Crippen LogP contribution is -2.34. The second-order valence-electron chi connectivity index (χ2n) is 10.1. The predicted octanol–water partition coefficient (Wildman–Crippen LogP) is 6.48. The molecule has 1 atom stereocenters. The molecule has 2 aromatic heterocycles. The fraction of sp³-hybridized carbons (Fsp3) is 0.407. The molecule has 0 amide bonds. The van der Waals surface area contributed by atoms with Crippen molar-refractivity contribution in [3.8, 4) is 5.00 Å². The monoisotopic (exact) mass is 478 g/mol. The van der Waals surface area contributed by atoms with Crippen LogP contribution in [0.4, 0.5) is 0 Å². The van der Waals surface area contributed by atoms with Crippen molar-refractivity contribution < 1.29 is 9.90 Å². The number of allylic oxidation sites excluding steroid dienone is 6. The van der Waals surface area contributed by atoms with Crippen molar-refractivity contribution in [1.82, 2.24) is 14.8 Å². The summed E-state index contributed by atoms with van der Waals surface area (Å²) in [5, 5.41) is 19.8. The van der Waals surface area contributed by atoms with E-state index in [-0.39, 0.29) is 0 Å². The van der Waals surface area contributed by atoms with Crippen LogP contribution in [0.2, 0.25) is 0 Å². The van der Waals surface area contributed by atoms with Crippen LogP contribution in [0.1, 0.15) is 67.8 Å². The van der Waals surface area contributed by atoms with Gasteiger partial charge in [-0.15, -0.1) is 21.5 Å². The lowest BCUT2D eigenvalue weighted by atomic mass is 9.71. The fourth-order valence-electron chi connectivity index (χ4n) is 4.67. The van der Waals surface area contributed by atoms with Crippen LogP contribution in [0, 0.1) is 31.6 Å². The number of aromatic nitrogens is 3. The minimum Gasteiger partial charge on any atom is -0.481 e. The summed E-state index contributed by atoms with van der Waals surface area (Å²) >= 11 is 1.70. The van der Waals surface area contributed by atoms with Crippen LogP contribution >= 0.6 is 11.3 Å². The van der Waals surface area contributed by atoms with Gasteiger partial charge in [0.25, 0.3) is 0 Å². The maximum atomic E-state index is 12.0. The Morgan fingerprint density at radius 1 is 1.15 bits per heavy atom. The number of thiophene rings is 1.